The van der Waals surface area contributed by atoms with Crippen molar-refractivity contribution in [1.29, 1.82) is 0 Å². The summed E-state index contributed by atoms with van der Waals surface area (Å²) in [5.41, 5.74) is -0.0262. The van der Waals surface area contributed by atoms with Gasteiger partial charge in [0.1, 0.15) is 0 Å². The average Bonchev–Trinajstić information content (AvgIpc) is 3.22. The van der Waals surface area contributed by atoms with E-state index in [0.717, 1.165) is 11.3 Å². The van der Waals surface area contributed by atoms with Crippen LogP contribution >= 0.6 is 0 Å². The highest BCUT2D eigenvalue weighted by atomic mass is 16.7. The molecule has 0 spiro atoms. The van der Waals surface area contributed by atoms with E-state index in [1.165, 1.54) is 13.2 Å². The normalized spacial score (nSPS) is 20.7. The summed E-state index contributed by atoms with van der Waals surface area (Å²) in [7, 11) is 1.25. The Kier molecular flexibility index (Phi) is 5.20. The van der Waals surface area contributed by atoms with Gasteiger partial charge in [0.05, 0.1) is 29.3 Å². The van der Waals surface area contributed by atoms with Crippen LogP contribution in [0.4, 0.5) is 11.4 Å². The van der Waals surface area contributed by atoms with E-state index >= 15 is 0 Å². The molecule has 0 bridgehead atoms. The van der Waals surface area contributed by atoms with Crippen molar-refractivity contribution >= 4 is 17.3 Å². The van der Waals surface area contributed by atoms with E-state index in [1.807, 2.05) is 60.7 Å². The minimum atomic E-state index is -1.66. The predicted octanol–water partition coefficient (Wildman–Crippen LogP) is 4.55. The Labute approximate surface area is 173 Å². The molecule has 30 heavy (non-hydrogen) atoms. The summed E-state index contributed by atoms with van der Waals surface area (Å²) in [6.45, 7) is 0. The number of ether oxygens (including phenoxy) is 1. The van der Waals surface area contributed by atoms with Crippen LogP contribution in [0.25, 0.3) is 0 Å². The van der Waals surface area contributed by atoms with Crippen molar-refractivity contribution in [3.63, 3.8) is 0 Å². The van der Waals surface area contributed by atoms with Gasteiger partial charge in [0.15, 0.2) is 0 Å². The lowest BCUT2D eigenvalue weighted by molar-refractivity contribution is -0.386. The van der Waals surface area contributed by atoms with Crippen LogP contribution in [0.15, 0.2) is 84.9 Å². The highest BCUT2D eigenvalue weighted by Gasteiger charge is 2.56. The number of nitro groups is 1. The Morgan fingerprint density at radius 2 is 1.63 bits per heavy atom. The topological polar surface area (TPSA) is 81.9 Å². The molecule has 4 rings (SSSR count). The number of hydrogen-bond donors (Lipinski definition) is 0. The third kappa shape index (κ3) is 3.29. The minimum absolute atomic E-state index is 0.156. The van der Waals surface area contributed by atoms with Gasteiger partial charge < -0.3 is 4.74 Å². The number of carbonyl (C=O) groups is 1. The molecule has 1 fully saturated rings. The molecule has 3 aromatic rings. The maximum absolute atomic E-state index is 13.1. The zero-order valence-electron chi connectivity index (χ0n) is 16.3. The van der Waals surface area contributed by atoms with Crippen LogP contribution in [0, 0.1) is 10.1 Å². The Balaban J connectivity index is 1.90. The van der Waals surface area contributed by atoms with Crippen molar-refractivity contribution in [3.8, 4) is 0 Å². The number of nitrogens with zero attached hydrogens (tertiary/aromatic N) is 2. The molecule has 152 valence electrons. The first kappa shape index (κ1) is 19.6. The van der Waals surface area contributed by atoms with E-state index in [-0.39, 0.29) is 23.7 Å². The van der Waals surface area contributed by atoms with Crippen molar-refractivity contribution in [3.05, 3.63) is 106 Å². The summed E-state index contributed by atoms with van der Waals surface area (Å²) < 4.78 is 5.08. The lowest BCUT2D eigenvalue weighted by atomic mass is 9.85. The lowest BCUT2D eigenvalue weighted by Gasteiger charge is -2.28. The number of hydrogen-bond acceptors (Lipinski definition) is 6. The fraction of sp³-hybridized carbons (Fsp3) is 0.174. The zero-order valence-corrected chi connectivity index (χ0v) is 16.3. The second-order valence-corrected chi connectivity index (χ2v) is 6.98. The quantitative estimate of drug-likeness (QED) is 0.353. The van der Waals surface area contributed by atoms with E-state index < -0.39 is 16.5 Å². The van der Waals surface area contributed by atoms with Gasteiger partial charge in [0, 0.05) is 12.5 Å². The molecule has 1 aliphatic heterocycles. The predicted molar refractivity (Wildman–Crippen MR) is 111 cm³/mol. The van der Waals surface area contributed by atoms with Gasteiger partial charge in [-0.1, -0.05) is 60.7 Å². The molecule has 1 heterocycles. The summed E-state index contributed by atoms with van der Waals surface area (Å²) in [6.07, 6.45) is 0.156. The molecule has 0 unspecified atom stereocenters. The summed E-state index contributed by atoms with van der Waals surface area (Å²) in [6, 6.07) is 24.7. The molecule has 2 atom stereocenters. The van der Waals surface area contributed by atoms with Gasteiger partial charge in [-0.3, -0.25) is 10.1 Å². The SMILES string of the molecule is COC(=O)[C@]1(c2ccccc2[N+](=O)[O-])C[C@H](c2ccccc2)N(c2ccccc2)O1. The highest BCUT2D eigenvalue weighted by molar-refractivity contribution is 5.84. The number of para-hydroxylation sites is 2. The second-order valence-electron chi connectivity index (χ2n) is 6.98. The molecule has 0 N–H and O–H groups in total. The average molecular weight is 404 g/mol. The molecule has 0 aliphatic carbocycles. The Bertz CT molecular complexity index is 1010. The van der Waals surface area contributed by atoms with Crippen LogP contribution in [-0.2, 0) is 20.0 Å². The van der Waals surface area contributed by atoms with Crippen LogP contribution in [0.1, 0.15) is 23.6 Å². The van der Waals surface area contributed by atoms with E-state index in [1.54, 1.807) is 23.3 Å². The van der Waals surface area contributed by atoms with Crippen LogP contribution in [-0.4, -0.2) is 18.0 Å². The standard InChI is InChI=1S/C23H20N2O5/c1-29-22(26)23(19-14-8-9-15-20(19)25(27)28)16-21(17-10-4-2-5-11-17)24(30-23)18-12-6-3-7-13-18/h2-15,21H,16H2,1H3/t21-,23-/m1/s1. The largest absolute Gasteiger partial charge is 0.467 e. The lowest BCUT2D eigenvalue weighted by Crippen LogP contribution is -2.38. The molecule has 7 heteroatoms. The Morgan fingerprint density at radius 1 is 1.03 bits per heavy atom. The van der Waals surface area contributed by atoms with Crippen molar-refractivity contribution in [2.75, 3.05) is 12.2 Å². The molecular weight excluding hydrogens is 384 g/mol. The van der Waals surface area contributed by atoms with Gasteiger partial charge in [-0.25, -0.2) is 14.7 Å². The number of rotatable bonds is 5. The first-order valence-corrected chi connectivity index (χ1v) is 9.47. The number of anilines is 1. The minimum Gasteiger partial charge on any atom is -0.467 e. The molecule has 0 amide bonds. The van der Waals surface area contributed by atoms with Crippen LogP contribution < -0.4 is 5.06 Å². The Morgan fingerprint density at radius 3 is 2.27 bits per heavy atom. The number of carbonyl (C=O) groups excluding carboxylic acids is 1. The van der Waals surface area contributed by atoms with Gasteiger partial charge in [0.2, 0.25) is 5.60 Å². The second kappa shape index (κ2) is 7.96. The van der Waals surface area contributed by atoms with Crippen molar-refractivity contribution in [2.45, 2.75) is 18.1 Å². The first-order chi connectivity index (χ1) is 14.6. The van der Waals surface area contributed by atoms with E-state index in [9.17, 15) is 14.9 Å². The van der Waals surface area contributed by atoms with Gasteiger partial charge in [0.25, 0.3) is 5.69 Å². The third-order valence-corrected chi connectivity index (χ3v) is 5.26. The first-order valence-electron chi connectivity index (χ1n) is 9.47. The zero-order chi connectivity index (χ0) is 21.1. The monoisotopic (exact) mass is 404 g/mol. The molecule has 1 aliphatic rings. The molecule has 0 saturated carbocycles. The molecule has 1 saturated heterocycles. The number of esters is 1. The van der Waals surface area contributed by atoms with Gasteiger partial charge in [-0.05, 0) is 23.8 Å². The summed E-state index contributed by atoms with van der Waals surface area (Å²) in [5, 5.41) is 13.4. The Hall–Kier alpha value is -3.71. The molecular formula is C23H20N2O5. The summed E-state index contributed by atoms with van der Waals surface area (Å²) >= 11 is 0. The highest BCUT2D eigenvalue weighted by Crippen LogP contribution is 2.50. The smallest absolute Gasteiger partial charge is 0.346 e. The van der Waals surface area contributed by atoms with E-state index in [2.05, 4.69) is 0 Å². The number of nitro benzene ring substituents is 1. The van der Waals surface area contributed by atoms with Crippen LogP contribution in [0.3, 0.4) is 0 Å². The number of benzene rings is 3. The maximum Gasteiger partial charge on any atom is 0.346 e. The fourth-order valence-corrected chi connectivity index (χ4v) is 3.89. The van der Waals surface area contributed by atoms with Gasteiger partial charge in [-0.15, -0.1) is 0 Å². The summed E-state index contributed by atoms with van der Waals surface area (Å²) in [4.78, 5) is 30.6. The molecule has 0 aromatic heterocycles. The third-order valence-electron chi connectivity index (χ3n) is 5.26. The summed E-state index contributed by atoms with van der Waals surface area (Å²) in [5.74, 6) is -0.684. The molecule has 3 aromatic carbocycles. The van der Waals surface area contributed by atoms with Gasteiger partial charge >= 0.3 is 5.97 Å². The maximum atomic E-state index is 13.1. The fourth-order valence-electron chi connectivity index (χ4n) is 3.89. The van der Waals surface area contributed by atoms with Gasteiger partial charge in [-0.2, -0.15) is 0 Å². The van der Waals surface area contributed by atoms with E-state index in [4.69, 9.17) is 9.57 Å². The number of hydroxylamine groups is 1. The van der Waals surface area contributed by atoms with Crippen molar-refractivity contribution in [1.82, 2.24) is 0 Å². The van der Waals surface area contributed by atoms with Crippen molar-refractivity contribution in [2.24, 2.45) is 0 Å². The van der Waals surface area contributed by atoms with E-state index in [0.29, 0.717) is 0 Å². The van der Waals surface area contributed by atoms with Crippen LogP contribution in [0.2, 0.25) is 0 Å². The number of methoxy groups -OCH3 is 1. The van der Waals surface area contributed by atoms with Crippen molar-refractivity contribution < 1.29 is 19.3 Å². The molecule has 0 radical (unpaired) electrons. The van der Waals surface area contributed by atoms with Crippen LogP contribution in [0.5, 0.6) is 0 Å². The molecule has 7 nitrogen and oxygen atoms in total.